The van der Waals surface area contributed by atoms with Crippen molar-refractivity contribution in [2.24, 2.45) is 11.8 Å². The number of hydrogen-bond donors (Lipinski definition) is 2. The maximum absolute atomic E-state index is 5.71. The summed E-state index contributed by atoms with van der Waals surface area (Å²) in [6, 6.07) is 8.49. The summed E-state index contributed by atoms with van der Waals surface area (Å²) in [5.41, 5.74) is 4.18. The van der Waals surface area contributed by atoms with Gasteiger partial charge in [-0.3, -0.25) is 11.3 Å². The Morgan fingerprint density at radius 1 is 1.16 bits per heavy atom. The number of unbranched alkanes of at least 4 members (excludes halogenated alkanes) is 1. The molecule has 1 aromatic rings. The number of hydrazine groups is 1. The quantitative estimate of drug-likeness (QED) is 0.527. The molecule has 2 unspecified atom stereocenters. The van der Waals surface area contributed by atoms with E-state index in [4.69, 9.17) is 10.6 Å². The highest BCUT2D eigenvalue weighted by Gasteiger charge is 2.17. The molecule has 19 heavy (non-hydrogen) atoms. The zero-order chi connectivity index (χ0) is 14.1. The van der Waals surface area contributed by atoms with Crippen LogP contribution in [0.2, 0.25) is 0 Å². The van der Waals surface area contributed by atoms with E-state index >= 15 is 0 Å². The van der Waals surface area contributed by atoms with Gasteiger partial charge in [-0.15, -0.1) is 0 Å². The fourth-order valence-corrected chi connectivity index (χ4v) is 2.27. The van der Waals surface area contributed by atoms with Crippen LogP contribution in [0.25, 0.3) is 0 Å². The molecule has 3 nitrogen and oxygen atoms in total. The molecule has 0 aliphatic heterocycles. The van der Waals surface area contributed by atoms with E-state index < -0.39 is 0 Å². The largest absolute Gasteiger partial charge is 0.494 e. The average molecular weight is 264 g/mol. The molecule has 0 heterocycles. The van der Waals surface area contributed by atoms with Crippen molar-refractivity contribution in [3.05, 3.63) is 29.8 Å². The van der Waals surface area contributed by atoms with Crippen LogP contribution in [-0.4, -0.2) is 6.61 Å². The third-order valence-electron chi connectivity index (χ3n) is 3.47. The summed E-state index contributed by atoms with van der Waals surface area (Å²) in [7, 11) is 0. The van der Waals surface area contributed by atoms with Crippen molar-refractivity contribution in [2.45, 2.75) is 52.5 Å². The second-order valence-corrected chi connectivity index (χ2v) is 5.18. The van der Waals surface area contributed by atoms with Crippen molar-refractivity contribution in [3.63, 3.8) is 0 Å². The fraction of sp³-hybridized carbons (Fsp3) is 0.625. The molecule has 0 radical (unpaired) electrons. The summed E-state index contributed by atoms with van der Waals surface area (Å²) in [5, 5.41) is 0. The summed E-state index contributed by atoms with van der Waals surface area (Å²) < 4.78 is 5.60. The van der Waals surface area contributed by atoms with Gasteiger partial charge in [0.15, 0.2) is 0 Å². The molecule has 3 N–H and O–H groups in total. The molecule has 0 saturated heterocycles. The number of ether oxygens (including phenoxy) is 1. The first-order valence-corrected chi connectivity index (χ1v) is 7.41. The zero-order valence-electron chi connectivity index (χ0n) is 12.5. The Balaban J connectivity index is 2.65. The molecule has 0 aliphatic rings. The van der Waals surface area contributed by atoms with Crippen LogP contribution in [0, 0.1) is 5.92 Å². The first-order valence-electron chi connectivity index (χ1n) is 7.41. The van der Waals surface area contributed by atoms with E-state index in [0.717, 1.165) is 18.8 Å². The summed E-state index contributed by atoms with van der Waals surface area (Å²) in [6.07, 6.45) is 4.70. The topological polar surface area (TPSA) is 47.3 Å². The molecule has 0 amide bonds. The van der Waals surface area contributed by atoms with Crippen LogP contribution in [0.4, 0.5) is 0 Å². The molecule has 108 valence electrons. The standard InChI is InChI=1S/C16H28N2O/c1-4-6-7-13(3)16(18-17)14-8-10-15(11-9-14)19-12-5-2/h8-11,13,16,18H,4-7,12,17H2,1-3H3. The molecule has 2 atom stereocenters. The van der Waals surface area contributed by atoms with Gasteiger partial charge in [0, 0.05) is 6.04 Å². The third-order valence-corrected chi connectivity index (χ3v) is 3.47. The van der Waals surface area contributed by atoms with Gasteiger partial charge in [0.05, 0.1) is 6.61 Å². The smallest absolute Gasteiger partial charge is 0.119 e. The lowest BCUT2D eigenvalue weighted by Gasteiger charge is -2.23. The minimum Gasteiger partial charge on any atom is -0.494 e. The molecule has 3 heteroatoms. The number of benzene rings is 1. The minimum absolute atomic E-state index is 0.215. The van der Waals surface area contributed by atoms with Crippen LogP contribution in [-0.2, 0) is 0 Å². The lowest BCUT2D eigenvalue weighted by atomic mass is 9.91. The van der Waals surface area contributed by atoms with E-state index in [2.05, 4.69) is 38.3 Å². The highest BCUT2D eigenvalue weighted by Crippen LogP contribution is 2.26. The Hall–Kier alpha value is -1.06. The maximum atomic E-state index is 5.71. The van der Waals surface area contributed by atoms with E-state index in [1.807, 2.05) is 12.1 Å². The molecule has 0 saturated carbocycles. The van der Waals surface area contributed by atoms with Gasteiger partial charge < -0.3 is 4.74 Å². The second-order valence-electron chi connectivity index (χ2n) is 5.18. The number of nitrogens with two attached hydrogens (primary N) is 1. The van der Waals surface area contributed by atoms with E-state index in [1.54, 1.807) is 0 Å². The van der Waals surface area contributed by atoms with Crippen molar-refractivity contribution in [1.29, 1.82) is 0 Å². The molecule has 1 aromatic carbocycles. The summed E-state index contributed by atoms with van der Waals surface area (Å²) in [5.74, 6) is 7.18. The van der Waals surface area contributed by atoms with Crippen molar-refractivity contribution < 1.29 is 4.74 Å². The molecule has 0 spiro atoms. The lowest BCUT2D eigenvalue weighted by Crippen LogP contribution is -2.32. The third kappa shape index (κ3) is 5.21. The molecular formula is C16H28N2O. The molecule has 1 rings (SSSR count). The first-order chi connectivity index (χ1) is 9.22. The van der Waals surface area contributed by atoms with Crippen LogP contribution in [0.15, 0.2) is 24.3 Å². The Morgan fingerprint density at radius 2 is 1.84 bits per heavy atom. The van der Waals surface area contributed by atoms with Crippen LogP contribution >= 0.6 is 0 Å². The van der Waals surface area contributed by atoms with Crippen molar-refractivity contribution in [3.8, 4) is 5.75 Å². The Kier molecular flexibility index (Phi) is 7.53. The average Bonchev–Trinajstić information content (AvgIpc) is 2.45. The Labute approximate surface area is 117 Å². The van der Waals surface area contributed by atoms with E-state index in [9.17, 15) is 0 Å². The SMILES string of the molecule is CCCCC(C)C(NN)c1ccc(OCCC)cc1. The molecule has 0 aromatic heterocycles. The fourth-order valence-electron chi connectivity index (χ4n) is 2.27. The predicted octanol–water partition coefficient (Wildman–Crippen LogP) is 3.81. The summed E-state index contributed by atoms with van der Waals surface area (Å²) in [6.45, 7) is 7.35. The van der Waals surface area contributed by atoms with Gasteiger partial charge in [-0.25, -0.2) is 0 Å². The minimum atomic E-state index is 0.215. The van der Waals surface area contributed by atoms with Crippen LogP contribution in [0.1, 0.15) is 58.1 Å². The molecule has 0 fully saturated rings. The normalized spacial score (nSPS) is 14.1. The maximum Gasteiger partial charge on any atom is 0.119 e. The van der Waals surface area contributed by atoms with Gasteiger partial charge in [-0.05, 0) is 36.5 Å². The Morgan fingerprint density at radius 3 is 2.37 bits per heavy atom. The second kappa shape index (κ2) is 8.94. The molecule has 0 bridgehead atoms. The lowest BCUT2D eigenvalue weighted by molar-refractivity contribution is 0.316. The molecular weight excluding hydrogens is 236 g/mol. The zero-order valence-corrected chi connectivity index (χ0v) is 12.5. The van der Waals surface area contributed by atoms with E-state index in [0.29, 0.717) is 5.92 Å². The predicted molar refractivity (Wildman–Crippen MR) is 81.0 cm³/mol. The van der Waals surface area contributed by atoms with Gasteiger partial charge in [0.2, 0.25) is 0 Å². The first kappa shape index (κ1) is 16.0. The van der Waals surface area contributed by atoms with Crippen LogP contribution in [0.5, 0.6) is 5.75 Å². The monoisotopic (exact) mass is 264 g/mol. The number of nitrogens with one attached hydrogen (secondary N) is 1. The summed E-state index contributed by atoms with van der Waals surface area (Å²) in [4.78, 5) is 0. The van der Waals surface area contributed by atoms with Gasteiger partial charge in [0.1, 0.15) is 5.75 Å². The van der Waals surface area contributed by atoms with Gasteiger partial charge in [-0.1, -0.05) is 45.7 Å². The van der Waals surface area contributed by atoms with Gasteiger partial charge in [0.25, 0.3) is 0 Å². The van der Waals surface area contributed by atoms with Crippen LogP contribution in [0.3, 0.4) is 0 Å². The van der Waals surface area contributed by atoms with Gasteiger partial charge in [-0.2, -0.15) is 0 Å². The summed E-state index contributed by atoms with van der Waals surface area (Å²) >= 11 is 0. The number of rotatable bonds is 9. The van der Waals surface area contributed by atoms with E-state index in [1.165, 1.54) is 24.8 Å². The van der Waals surface area contributed by atoms with Crippen LogP contribution < -0.4 is 16.0 Å². The van der Waals surface area contributed by atoms with Gasteiger partial charge >= 0.3 is 0 Å². The highest BCUT2D eigenvalue weighted by molar-refractivity contribution is 5.29. The number of hydrogen-bond acceptors (Lipinski definition) is 3. The van der Waals surface area contributed by atoms with Crippen molar-refractivity contribution in [2.75, 3.05) is 6.61 Å². The van der Waals surface area contributed by atoms with Crippen molar-refractivity contribution in [1.82, 2.24) is 5.43 Å². The highest BCUT2D eigenvalue weighted by atomic mass is 16.5. The molecule has 0 aliphatic carbocycles. The Bertz CT molecular complexity index is 337. The van der Waals surface area contributed by atoms with Crippen molar-refractivity contribution >= 4 is 0 Å². The van der Waals surface area contributed by atoms with E-state index in [-0.39, 0.29) is 6.04 Å².